The van der Waals surface area contributed by atoms with Gasteiger partial charge in [-0.3, -0.25) is 19.7 Å². The summed E-state index contributed by atoms with van der Waals surface area (Å²) in [5.74, 6) is 0.193. The zero-order chi connectivity index (χ0) is 22.9. The van der Waals surface area contributed by atoms with Gasteiger partial charge in [-0.1, -0.05) is 41.9 Å². The molecule has 5 rings (SSSR count). The number of nitrogens with one attached hydrogen (secondary N) is 2. The van der Waals surface area contributed by atoms with Crippen molar-refractivity contribution in [2.45, 2.75) is 0 Å². The van der Waals surface area contributed by atoms with Gasteiger partial charge in [0.2, 0.25) is 5.91 Å². The quantitative estimate of drug-likeness (QED) is 0.417. The predicted molar refractivity (Wildman–Crippen MR) is 130 cm³/mol. The second-order valence-corrected chi connectivity index (χ2v) is 8.54. The highest BCUT2D eigenvalue weighted by molar-refractivity contribution is 6.35. The van der Waals surface area contributed by atoms with Crippen LogP contribution in [0.15, 0.2) is 48.7 Å². The van der Waals surface area contributed by atoms with E-state index >= 15 is 0 Å². The highest BCUT2D eigenvalue weighted by Gasteiger charge is 2.21. The SMILES string of the molecule is CN1CCN(CC(=O)Nc2nc(-c3cc(Cl)c4[nH]ncc4c3)c(-c3ccccc3)nc2N)C1. The summed E-state index contributed by atoms with van der Waals surface area (Å²) in [6.07, 6.45) is 1.70. The second-order valence-electron chi connectivity index (χ2n) is 8.13. The Hall–Kier alpha value is -3.53. The van der Waals surface area contributed by atoms with Gasteiger partial charge in [0.1, 0.15) is 0 Å². The molecule has 0 bridgehead atoms. The van der Waals surface area contributed by atoms with Crippen LogP contribution in [0, 0.1) is 0 Å². The predicted octanol–water partition coefficient (Wildman–Crippen LogP) is 3.07. The minimum Gasteiger partial charge on any atom is -0.381 e. The number of rotatable bonds is 5. The number of nitrogens with zero attached hydrogens (tertiary/aromatic N) is 5. The van der Waals surface area contributed by atoms with Crippen LogP contribution in [0.25, 0.3) is 33.4 Å². The summed E-state index contributed by atoms with van der Waals surface area (Å²) in [6, 6.07) is 13.4. The number of aromatic amines is 1. The van der Waals surface area contributed by atoms with Crippen LogP contribution in [0.1, 0.15) is 0 Å². The number of halogens is 1. The van der Waals surface area contributed by atoms with Gasteiger partial charge in [0.25, 0.3) is 0 Å². The first-order valence-corrected chi connectivity index (χ1v) is 10.9. The Bertz CT molecular complexity index is 1320. The van der Waals surface area contributed by atoms with Crippen LogP contribution in [-0.2, 0) is 4.79 Å². The summed E-state index contributed by atoms with van der Waals surface area (Å²) in [6.45, 7) is 2.78. The first kappa shape index (κ1) is 21.3. The fourth-order valence-electron chi connectivity index (χ4n) is 3.99. The van der Waals surface area contributed by atoms with E-state index in [4.69, 9.17) is 22.3 Å². The van der Waals surface area contributed by atoms with Gasteiger partial charge < -0.3 is 11.1 Å². The lowest BCUT2D eigenvalue weighted by molar-refractivity contribution is -0.117. The van der Waals surface area contributed by atoms with Gasteiger partial charge in [0, 0.05) is 29.6 Å². The highest BCUT2D eigenvalue weighted by Crippen LogP contribution is 2.35. The molecule has 1 amide bonds. The van der Waals surface area contributed by atoms with Crippen LogP contribution >= 0.6 is 11.6 Å². The van der Waals surface area contributed by atoms with Crippen molar-refractivity contribution >= 4 is 40.0 Å². The standard InChI is InChI=1S/C23H23ClN8O/c1-31-7-8-32(13-31)12-18(33)27-23-22(25)28-20(14-5-3-2-4-6-14)21(29-23)15-9-16-11-26-30-19(16)17(24)10-15/h2-6,9-11H,7-8,12-13H2,1H3,(H2,25,28)(H,26,30)(H,27,29,33). The third-order valence-corrected chi connectivity index (χ3v) is 5.91. The molecule has 0 unspecified atom stereocenters. The van der Waals surface area contributed by atoms with Crippen LogP contribution in [0.5, 0.6) is 0 Å². The van der Waals surface area contributed by atoms with Crippen molar-refractivity contribution in [2.24, 2.45) is 0 Å². The molecule has 1 fully saturated rings. The number of nitrogens with two attached hydrogens (primary N) is 1. The van der Waals surface area contributed by atoms with E-state index in [0.717, 1.165) is 41.8 Å². The molecule has 1 aliphatic rings. The van der Waals surface area contributed by atoms with E-state index in [1.54, 1.807) is 12.3 Å². The summed E-state index contributed by atoms with van der Waals surface area (Å²) in [5, 5.41) is 11.2. The maximum atomic E-state index is 12.7. The van der Waals surface area contributed by atoms with E-state index in [-0.39, 0.29) is 24.1 Å². The van der Waals surface area contributed by atoms with E-state index in [0.29, 0.717) is 16.4 Å². The minimum atomic E-state index is -0.187. The molecule has 4 N–H and O–H groups in total. The Balaban J connectivity index is 1.55. The van der Waals surface area contributed by atoms with E-state index < -0.39 is 0 Å². The number of H-pyrrole nitrogens is 1. The first-order chi connectivity index (χ1) is 16.0. The summed E-state index contributed by atoms with van der Waals surface area (Å²) < 4.78 is 0. The third-order valence-electron chi connectivity index (χ3n) is 5.61. The Labute approximate surface area is 195 Å². The van der Waals surface area contributed by atoms with Crippen LogP contribution in [-0.4, -0.2) is 69.2 Å². The monoisotopic (exact) mass is 462 g/mol. The molecule has 1 aliphatic heterocycles. The van der Waals surface area contributed by atoms with Gasteiger partial charge in [0.15, 0.2) is 11.6 Å². The summed E-state index contributed by atoms with van der Waals surface area (Å²) in [7, 11) is 2.03. The van der Waals surface area contributed by atoms with Crippen molar-refractivity contribution in [1.82, 2.24) is 30.0 Å². The number of carbonyl (C=O) groups is 1. The molecule has 2 aromatic heterocycles. The molecular weight excluding hydrogens is 440 g/mol. The van der Waals surface area contributed by atoms with Crippen LogP contribution in [0.3, 0.4) is 0 Å². The number of aromatic nitrogens is 4. The number of hydrogen-bond acceptors (Lipinski definition) is 7. The molecule has 0 spiro atoms. The average molecular weight is 463 g/mol. The van der Waals surface area contributed by atoms with Crippen LogP contribution in [0.2, 0.25) is 5.02 Å². The summed E-state index contributed by atoms with van der Waals surface area (Å²) in [5.41, 5.74) is 9.75. The Kier molecular flexibility index (Phi) is 5.67. The van der Waals surface area contributed by atoms with E-state index in [1.807, 2.05) is 43.4 Å². The summed E-state index contributed by atoms with van der Waals surface area (Å²) >= 11 is 6.49. The number of nitrogen functional groups attached to an aromatic ring is 1. The minimum absolute atomic E-state index is 0.153. The molecule has 0 atom stereocenters. The third kappa shape index (κ3) is 4.38. The molecule has 1 saturated heterocycles. The molecular formula is C23H23ClN8O. The van der Waals surface area contributed by atoms with E-state index in [2.05, 4.69) is 30.3 Å². The molecule has 168 valence electrons. The fraction of sp³-hybridized carbons (Fsp3) is 0.217. The van der Waals surface area contributed by atoms with Gasteiger partial charge >= 0.3 is 0 Å². The molecule has 0 radical (unpaired) electrons. The largest absolute Gasteiger partial charge is 0.381 e. The van der Waals surface area contributed by atoms with Gasteiger partial charge in [-0.05, 0) is 19.2 Å². The molecule has 9 nitrogen and oxygen atoms in total. The zero-order valence-electron chi connectivity index (χ0n) is 18.0. The summed E-state index contributed by atoms with van der Waals surface area (Å²) in [4.78, 5) is 26.3. The molecule has 3 heterocycles. The van der Waals surface area contributed by atoms with Crippen molar-refractivity contribution in [3.05, 3.63) is 53.7 Å². The number of amides is 1. The van der Waals surface area contributed by atoms with Crippen molar-refractivity contribution < 1.29 is 4.79 Å². The smallest absolute Gasteiger partial charge is 0.239 e. The first-order valence-electron chi connectivity index (χ1n) is 10.5. The van der Waals surface area contributed by atoms with Gasteiger partial charge in [-0.15, -0.1) is 0 Å². The second kappa shape index (κ2) is 8.78. The number of benzene rings is 2. The lowest BCUT2D eigenvalue weighted by atomic mass is 10.0. The Morgan fingerprint density at radius 1 is 1.15 bits per heavy atom. The lowest BCUT2D eigenvalue weighted by Crippen LogP contribution is -2.33. The number of likely N-dealkylation sites (N-methyl/N-ethyl adjacent to an activating group) is 1. The van der Waals surface area contributed by atoms with Gasteiger partial charge in [0.05, 0.1) is 41.3 Å². The van der Waals surface area contributed by atoms with Gasteiger partial charge in [-0.25, -0.2) is 9.97 Å². The van der Waals surface area contributed by atoms with Crippen molar-refractivity contribution in [3.8, 4) is 22.5 Å². The fourth-order valence-corrected chi connectivity index (χ4v) is 4.26. The number of carbonyl (C=O) groups excluding carboxylic acids is 1. The van der Waals surface area contributed by atoms with Crippen molar-refractivity contribution in [3.63, 3.8) is 0 Å². The average Bonchev–Trinajstić information content (AvgIpc) is 3.44. The molecule has 4 aromatic rings. The molecule has 33 heavy (non-hydrogen) atoms. The lowest BCUT2D eigenvalue weighted by Gasteiger charge is -2.17. The van der Waals surface area contributed by atoms with Crippen molar-refractivity contribution in [2.75, 3.05) is 44.4 Å². The highest BCUT2D eigenvalue weighted by atomic mass is 35.5. The maximum absolute atomic E-state index is 12.7. The number of fused-ring (bicyclic) bond motifs is 1. The van der Waals surface area contributed by atoms with Crippen LogP contribution < -0.4 is 11.1 Å². The number of anilines is 2. The maximum Gasteiger partial charge on any atom is 0.239 e. The Morgan fingerprint density at radius 3 is 2.70 bits per heavy atom. The molecule has 10 heteroatoms. The van der Waals surface area contributed by atoms with E-state index in [9.17, 15) is 4.79 Å². The van der Waals surface area contributed by atoms with Crippen LogP contribution in [0.4, 0.5) is 11.6 Å². The normalized spacial score (nSPS) is 14.7. The topological polar surface area (TPSA) is 116 Å². The van der Waals surface area contributed by atoms with Crippen molar-refractivity contribution in [1.29, 1.82) is 0 Å². The molecule has 0 saturated carbocycles. The molecule has 0 aliphatic carbocycles. The van der Waals surface area contributed by atoms with E-state index in [1.165, 1.54) is 0 Å². The number of hydrogen-bond donors (Lipinski definition) is 3. The molecule has 2 aromatic carbocycles. The zero-order valence-corrected chi connectivity index (χ0v) is 18.8. The Morgan fingerprint density at radius 2 is 1.94 bits per heavy atom. The van der Waals surface area contributed by atoms with Gasteiger partial charge in [-0.2, -0.15) is 5.10 Å².